The zero-order valence-electron chi connectivity index (χ0n) is 74.3. The van der Waals surface area contributed by atoms with Crippen molar-refractivity contribution in [2.45, 2.75) is 225 Å². The maximum Gasteiger partial charge on any atom is 0.452 e. The number of carbonyl (C=O) groups excluding carboxylic acids is 7. The molecule has 10 atom stereocenters. The number of carbonyl (C=O) groups is 7. The number of hydrogen-bond donors (Lipinski definition) is 4. The van der Waals surface area contributed by atoms with Crippen LogP contribution in [-0.4, -0.2) is 162 Å². The summed E-state index contributed by atoms with van der Waals surface area (Å²) in [5, 5.41) is 13.0. The molecule has 7 aromatic carbocycles. The van der Waals surface area contributed by atoms with Crippen molar-refractivity contribution in [3.8, 4) is 62.8 Å². The fourth-order valence-electron chi connectivity index (χ4n) is 16.1. The first kappa shape index (κ1) is 94.4. The topological polar surface area (TPSA) is 336 Å². The molecule has 13 rings (SSSR count). The molecule has 2 aliphatic heterocycles. The van der Waals surface area contributed by atoms with Crippen LogP contribution in [0.3, 0.4) is 0 Å². The van der Waals surface area contributed by atoms with Crippen molar-refractivity contribution in [1.82, 2.24) is 41.0 Å². The van der Waals surface area contributed by atoms with E-state index in [0.717, 1.165) is 62.5 Å². The number of likely N-dealkylation sites (tertiary alicyclic amines) is 2. The van der Waals surface area contributed by atoms with Gasteiger partial charge in [-0.15, -0.1) is 0 Å². The molecule has 0 spiro atoms. The van der Waals surface area contributed by atoms with E-state index in [4.69, 9.17) is 61.2 Å². The molecule has 2 aromatic heterocycles. The van der Waals surface area contributed by atoms with Gasteiger partial charge in [0.15, 0.2) is 11.9 Å². The number of ether oxygens (including phenoxy) is 7. The SMILES string of the molecule is CCCC(NC(=O)[C@@H]1C[C@@H](Oc2cc(-c3ccccc3)nc3cc(OC)ccc23)CN1C(=O)[C@@H](NC(=O)OC1CCCC1)C(C)(C)C)P(=O)(Oc1ccccc1)O[C@H](C)C(=O)OCC.CCCC(NC(=O)[C@@H]1C[C@@H](Oc2cc(-c3ccccc3)nc3cc(OC)ccc23)CN1C(=O)[C@@H](NC(=O)OC1CCCC1)C(C)(C)C)P(=O)(Oc1ccccc1)Oc1ccccc1. The molecule has 9 aromatic rings. The van der Waals surface area contributed by atoms with Crippen LogP contribution in [0.2, 0.25) is 0 Å². The first-order chi connectivity index (χ1) is 60.9. The van der Waals surface area contributed by atoms with Crippen molar-refractivity contribution < 1.29 is 93.9 Å². The molecule has 0 radical (unpaired) electrons. The van der Waals surface area contributed by atoms with Crippen LogP contribution in [0.25, 0.3) is 44.3 Å². The smallest absolute Gasteiger partial charge is 0.452 e. The number of esters is 1. The number of benzene rings is 7. The second-order valence-corrected chi connectivity index (χ2v) is 38.6. The van der Waals surface area contributed by atoms with Crippen LogP contribution in [0.5, 0.6) is 40.2 Å². The second kappa shape index (κ2) is 43.2. The molecule has 127 heavy (non-hydrogen) atoms. The molecule has 6 amide bonds. The maximum atomic E-state index is 15.1. The summed E-state index contributed by atoms with van der Waals surface area (Å²) in [6.07, 6.45) is 3.67. The van der Waals surface area contributed by atoms with Gasteiger partial charge in [-0.05, 0) is 150 Å². The highest BCUT2D eigenvalue weighted by Gasteiger charge is 2.52. The number of methoxy groups -OCH3 is 2. The summed E-state index contributed by atoms with van der Waals surface area (Å²) in [5.41, 5.74) is 2.67. The Kier molecular flexibility index (Phi) is 32.1. The molecule has 2 saturated heterocycles. The van der Waals surface area contributed by atoms with E-state index in [0.29, 0.717) is 80.5 Å². The van der Waals surface area contributed by atoms with Crippen molar-refractivity contribution in [2.24, 2.45) is 10.8 Å². The average molecular weight is 1780 g/mol. The zero-order chi connectivity index (χ0) is 90.6. The Morgan fingerprint density at radius 3 is 1.15 bits per heavy atom. The van der Waals surface area contributed by atoms with Crippen molar-refractivity contribution in [1.29, 1.82) is 0 Å². The van der Waals surface area contributed by atoms with Crippen molar-refractivity contribution in [3.05, 3.63) is 200 Å². The lowest BCUT2D eigenvalue weighted by atomic mass is 9.85. The highest BCUT2D eigenvalue weighted by Crippen LogP contribution is 2.56. The lowest BCUT2D eigenvalue weighted by Crippen LogP contribution is -2.58. The summed E-state index contributed by atoms with van der Waals surface area (Å²) >= 11 is 0. The lowest BCUT2D eigenvalue weighted by molar-refractivity contribution is -0.151. The number of amides is 6. The van der Waals surface area contributed by atoms with Crippen LogP contribution in [0.4, 0.5) is 9.59 Å². The third kappa shape index (κ3) is 24.7. The number of alkyl carbamates (subject to hydrolysis) is 2. The number of aromatic nitrogens is 2. The van der Waals surface area contributed by atoms with Crippen LogP contribution < -0.4 is 53.8 Å². The average Bonchev–Trinajstić information content (AvgIpc) is 1.69. The molecule has 2 saturated carbocycles. The molecule has 30 heteroatoms. The van der Waals surface area contributed by atoms with Crippen LogP contribution >= 0.6 is 15.2 Å². The highest BCUT2D eigenvalue weighted by atomic mass is 31.2. The summed E-state index contributed by atoms with van der Waals surface area (Å²) < 4.78 is 95.8. The fraction of sp³-hybridized carbons (Fsp3) is 0.433. The van der Waals surface area contributed by atoms with Crippen LogP contribution in [0, 0.1) is 10.8 Å². The Morgan fingerprint density at radius 1 is 0.449 bits per heavy atom. The van der Waals surface area contributed by atoms with E-state index in [9.17, 15) is 33.6 Å². The molecular weight excluding hydrogens is 1660 g/mol. The molecule has 4 heterocycles. The van der Waals surface area contributed by atoms with E-state index in [-0.39, 0.29) is 63.3 Å². The molecule has 2 aliphatic carbocycles. The summed E-state index contributed by atoms with van der Waals surface area (Å²) in [5.74, 6) is -2.35. The molecule has 0 bridgehead atoms. The van der Waals surface area contributed by atoms with E-state index in [2.05, 4.69) is 21.3 Å². The predicted octanol–water partition coefficient (Wildman–Crippen LogP) is 18.8. The van der Waals surface area contributed by atoms with Crippen molar-refractivity contribution in [3.63, 3.8) is 0 Å². The van der Waals surface area contributed by atoms with E-state index in [1.165, 1.54) is 16.7 Å². The normalized spacial score (nSPS) is 18.3. The third-order valence-corrected chi connectivity index (χ3v) is 26.9. The Hall–Kier alpha value is -11.7. The van der Waals surface area contributed by atoms with Gasteiger partial charge in [-0.1, -0.05) is 183 Å². The van der Waals surface area contributed by atoms with Gasteiger partial charge in [0.05, 0.1) is 56.3 Å². The van der Waals surface area contributed by atoms with Gasteiger partial charge in [0.2, 0.25) is 23.6 Å². The monoisotopic (exact) mass is 1780 g/mol. The minimum Gasteiger partial charge on any atom is -0.497 e. The number of pyridine rings is 2. The summed E-state index contributed by atoms with van der Waals surface area (Å²) in [4.78, 5) is 112. The predicted molar refractivity (Wildman–Crippen MR) is 484 cm³/mol. The lowest BCUT2D eigenvalue weighted by Gasteiger charge is -2.36. The molecule has 4 fully saturated rings. The van der Waals surface area contributed by atoms with Crippen molar-refractivity contribution in [2.75, 3.05) is 33.9 Å². The number of rotatable bonds is 34. The number of nitrogens with zero attached hydrogens (tertiary/aromatic N) is 4. The Labute approximate surface area is 742 Å². The molecular formula is C97H118N8O20P2. The van der Waals surface area contributed by atoms with Crippen LogP contribution in [0.15, 0.2) is 200 Å². The largest absolute Gasteiger partial charge is 0.497 e. The first-order valence-electron chi connectivity index (χ1n) is 43.8. The standard InChI is InChI=1S/C49H57N4O9P.C48H61N4O11P/c1-6-18-44(63(57,61-35-23-12-8-13-24-35)62-36-25-14-9-15-26-36)51-46(54)42-30-38(32-53(42)47(55)45(49(2,3)4)52-48(56)60-34-21-16-17-22-34)59-43-31-40(33-19-10-7-11-20-33)50-41-29-37(58-5)27-28-39(41)43;1-8-18-42(64(57,62-31(3)46(55)59-9-2)63-34-23-14-11-15-24-34)50-44(53)40-28-36(30-52(40)45(54)43(48(4,5)6)51-47(56)61-33-21-16-17-22-33)60-41-29-38(32-19-12-10-13-20-32)49-39-27-35(58-7)25-26-37(39)41/h7-15,19-20,23-29,31,34,38,42,44-45H,6,16-18,21-22,30,32H2,1-5H3,(H,51,54)(H,52,56);10-15,19-20,23-27,29,31,33,36,40,42-43H,8-9,16-18,21-22,28,30H2,1-7H3,(H,50,53)(H,51,56)/t38-,42+,44?,45-;31-,36-,40+,42?,43-,64?/m11/s1. The summed E-state index contributed by atoms with van der Waals surface area (Å²) in [7, 11) is -5.45. The molecule has 4 N–H and O–H groups in total. The van der Waals surface area contributed by atoms with Gasteiger partial charge in [0.1, 0.15) is 94.6 Å². The van der Waals surface area contributed by atoms with Gasteiger partial charge < -0.3 is 77.8 Å². The molecule has 676 valence electrons. The van der Waals surface area contributed by atoms with Crippen LogP contribution in [-0.2, 0) is 51.8 Å². The first-order valence-corrected chi connectivity index (χ1v) is 47.0. The Balaban J connectivity index is 0.000000231. The number of fused-ring (bicyclic) bond motifs is 2. The van der Waals surface area contributed by atoms with Gasteiger partial charge in [0.25, 0.3) is 0 Å². The maximum absolute atomic E-state index is 15.1. The fourth-order valence-corrected chi connectivity index (χ4v) is 20.2. The third-order valence-electron chi connectivity index (χ3n) is 22.6. The number of para-hydroxylation sites is 3. The molecule has 3 unspecified atom stereocenters. The Morgan fingerprint density at radius 2 is 0.803 bits per heavy atom. The van der Waals surface area contributed by atoms with E-state index >= 15 is 9.13 Å². The quantitative estimate of drug-likeness (QED) is 0.0165. The molecule has 4 aliphatic rings. The molecule has 28 nitrogen and oxygen atoms in total. The second-order valence-electron chi connectivity index (χ2n) is 34.4. The number of hydrogen-bond acceptors (Lipinski definition) is 22. The van der Waals surface area contributed by atoms with E-state index in [1.807, 2.05) is 171 Å². The van der Waals surface area contributed by atoms with Gasteiger partial charge >= 0.3 is 33.3 Å². The highest BCUT2D eigenvalue weighted by molar-refractivity contribution is 7.55. The zero-order valence-corrected chi connectivity index (χ0v) is 76.1. The summed E-state index contributed by atoms with van der Waals surface area (Å²) in [6.45, 7) is 17.8. The summed E-state index contributed by atoms with van der Waals surface area (Å²) in [6, 6.07) is 55.2. The van der Waals surface area contributed by atoms with Gasteiger partial charge in [-0.2, -0.15) is 0 Å². The van der Waals surface area contributed by atoms with Crippen molar-refractivity contribution >= 4 is 78.8 Å². The van der Waals surface area contributed by atoms with E-state index < -0.39 is 122 Å². The van der Waals surface area contributed by atoms with Gasteiger partial charge in [0, 0.05) is 59.0 Å². The minimum absolute atomic E-state index is 0.000625. The Bertz CT molecular complexity index is 5290. The number of nitrogens with one attached hydrogen (secondary N) is 4. The minimum atomic E-state index is -4.42. The van der Waals surface area contributed by atoms with Crippen LogP contribution in [0.1, 0.15) is 159 Å². The van der Waals surface area contributed by atoms with Gasteiger partial charge in [-0.3, -0.25) is 23.7 Å². The van der Waals surface area contributed by atoms with Gasteiger partial charge in [-0.25, -0.2) is 33.5 Å². The van der Waals surface area contributed by atoms with E-state index in [1.54, 1.807) is 106 Å².